The van der Waals surface area contributed by atoms with Crippen LogP contribution in [0.5, 0.6) is 0 Å². The second kappa shape index (κ2) is 6.67. The Labute approximate surface area is 148 Å². The first kappa shape index (κ1) is 17.1. The van der Waals surface area contributed by atoms with E-state index in [4.69, 9.17) is 0 Å². The lowest BCUT2D eigenvalue weighted by Crippen LogP contribution is -2.41. The van der Waals surface area contributed by atoms with E-state index in [0.717, 1.165) is 6.42 Å². The Balaban J connectivity index is 1.77. The van der Waals surface area contributed by atoms with Gasteiger partial charge in [0.1, 0.15) is 5.69 Å². The van der Waals surface area contributed by atoms with E-state index in [0.29, 0.717) is 24.3 Å². The van der Waals surface area contributed by atoms with Crippen LogP contribution >= 0.6 is 0 Å². The second-order valence-electron chi connectivity index (χ2n) is 7.38. The molecule has 0 aliphatic carbocycles. The zero-order chi connectivity index (χ0) is 18.0. The fourth-order valence-electron chi connectivity index (χ4n) is 2.93. The van der Waals surface area contributed by atoms with Gasteiger partial charge in [-0.1, -0.05) is 24.3 Å². The standard InChI is InChI=1S/C20H23N3O2/c1-20(2,3)22-18(24)15-8-10-21-17(12-15)19(25)23-11-9-14-6-4-5-7-16(14)13-23/h4-8,10,12H,9,11,13H2,1-3H3,(H,22,24). The van der Waals surface area contributed by atoms with Gasteiger partial charge in [0, 0.05) is 30.4 Å². The fraction of sp³-hybridized carbons (Fsp3) is 0.350. The minimum absolute atomic E-state index is 0.139. The van der Waals surface area contributed by atoms with Gasteiger partial charge in [-0.2, -0.15) is 0 Å². The smallest absolute Gasteiger partial charge is 0.272 e. The molecule has 130 valence electrons. The van der Waals surface area contributed by atoms with Gasteiger partial charge in [0.05, 0.1) is 0 Å². The van der Waals surface area contributed by atoms with Crippen molar-refractivity contribution in [3.63, 3.8) is 0 Å². The lowest BCUT2D eigenvalue weighted by Gasteiger charge is -2.28. The van der Waals surface area contributed by atoms with Gasteiger partial charge in [0.25, 0.3) is 11.8 Å². The van der Waals surface area contributed by atoms with Crippen molar-refractivity contribution in [1.82, 2.24) is 15.2 Å². The molecule has 1 N–H and O–H groups in total. The molecule has 0 fully saturated rings. The molecule has 0 atom stereocenters. The highest BCUT2D eigenvalue weighted by Crippen LogP contribution is 2.20. The van der Waals surface area contributed by atoms with Gasteiger partial charge in [-0.05, 0) is 50.5 Å². The van der Waals surface area contributed by atoms with Crippen LogP contribution in [0.15, 0.2) is 42.6 Å². The fourth-order valence-corrected chi connectivity index (χ4v) is 2.93. The molecule has 2 aromatic rings. The minimum atomic E-state index is -0.332. The Morgan fingerprint density at radius 3 is 2.56 bits per heavy atom. The molecular formula is C20H23N3O2. The summed E-state index contributed by atoms with van der Waals surface area (Å²) in [6.45, 7) is 7.00. The van der Waals surface area contributed by atoms with Crippen molar-refractivity contribution < 1.29 is 9.59 Å². The predicted octanol–water partition coefficient (Wildman–Crippen LogP) is 2.81. The first-order valence-electron chi connectivity index (χ1n) is 8.48. The van der Waals surface area contributed by atoms with Crippen molar-refractivity contribution in [3.8, 4) is 0 Å². The predicted molar refractivity (Wildman–Crippen MR) is 96.3 cm³/mol. The second-order valence-corrected chi connectivity index (χ2v) is 7.38. The van der Waals surface area contributed by atoms with Crippen LogP contribution in [-0.4, -0.2) is 33.8 Å². The summed E-state index contributed by atoms with van der Waals surface area (Å²) in [6.07, 6.45) is 2.36. The molecule has 3 rings (SSSR count). The molecule has 0 spiro atoms. The highest BCUT2D eigenvalue weighted by atomic mass is 16.2. The number of amides is 2. The third-order valence-electron chi connectivity index (χ3n) is 4.15. The number of fused-ring (bicyclic) bond motifs is 1. The maximum absolute atomic E-state index is 12.8. The molecule has 0 radical (unpaired) electrons. The monoisotopic (exact) mass is 337 g/mol. The van der Waals surface area contributed by atoms with E-state index in [9.17, 15) is 9.59 Å². The zero-order valence-corrected chi connectivity index (χ0v) is 14.9. The highest BCUT2D eigenvalue weighted by molar-refractivity contribution is 5.98. The van der Waals surface area contributed by atoms with Gasteiger partial charge in [-0.15, -0.1) is 0 Å². The van der Waals surface area contributed by atoms with Crippen LogP contribution in [0.3, 0.4) is 0 Å². The Bertz CT molecular complexity index is 809. The summed E-state index contributed by atoms with van der Waals surface area (Å²) in [7, 11) is 0. The normalized spacial score (nSPS) is 14.0. The lowest BCUT2D eigenvalue weighted by atomic mass is 9.99. The van der Waals surface area contributed by atoms with Crippen molar-refractivity contribution in [2.45, 2.75) is 39.3 Å². The van der Waals surface area contributed by atoms with E-state index >= 15 is 0 Å². The zero-order valence-electron chi connectivity index (χ0n) is 14.9. The molecule has 2 amide bonds. The molecule has 25 heavy (non-hydrogen) atoms. The molecule has 0 bridgehead atoms. The number of pyridine rings is 1. The van der Waals surface area contributed by atoms with Crippen LogP contribution < -0.4 is 5.32 Å². The summed E-state index contributed by atoms with van der Waals surface area (Å²) in [5, 5.41) is 2.90. The molecule has 1 aromatic carbocycles. The van der Waals surface area contributed by atoms with E-state index < -0.39 is 0 Å². The van der Waals surface area contributed by atoms with Gasteiger partial charge in [-0.3, -0.25) is 14.6 Å². The Morgan fingerprint density at radius 2 is 1.84 bits per heavy atom. The molecule has 1 aliphatic rings. The van der Waals surface area contributed by atoms with Crippen LogP contribution in [0, 0.1) is 0 Å². The number of benzene rings is 1. The molecule has 0 unspecified atom stereocenters. The SMILES string of the molecule is CC(C)(C)NC(=O)c1ccnc(C(=O)N2CCc3ccccc3C2)c1. The average Bonchev–Trinajstić information content (AvgIpc) is 2.59. The number of nitrogens with zero attached hydrogens (tertiary/aromatic N) is 2. The molecule has 0 saturated carbocycles. The quantitative estimate of drug-likeness (QED) is 0.916. The van der Waals surface area contributed by atoms with Gasteiger partial charge >= 0.3 is 0 Å². The number of rotatable bonds is 2. The number of hydrogen-bond donors (Lipinski definition) is 1. The van der Waals surface area contributed by atoms with E-state index in [1.54, 1.807) is 17.0 Å². The summed E-state index contributed by atoms with van der Waals surface area (Å²) >= 11 is 0. The Morgan fingerprint density at radius 1 is 1.12 bits per heavy atom. The van der Waals surface area contributed by atoms with E-state index in [1.165, 1.54) is 17.3 Å². The third-order valence-corrected chi connectivity index (χ3v) is 4.15. The maximum Gasteiger partial charge on any atom is 0.272 e. The molecule has 1 aliphatic heterocycles. The van der Waals surface area contributed by atoms with Crippen LogP contribution in [0.25, 0.3) is 0 Å². The summed E-state index contributed by atoms with van der Waals surface area (Å²) in [6, 6.07) is 11.4. The van der Waals surface area contributed by atoms with Gasteiger partial charge in [0.15, 0.2) is 0 Å². The lowest BCUT2D eigenvalue weighted by molar-refractivity contribution is 0.0728. The van der Waals surface area contributed by atoms with Crippen molar-refractivity contribution in [3.05, 3.63) is 65.0 Å². The van der Waals surface area contributed by atoms with Crippen LogP contribution in [0.2, 0.25) is 0 Å². The third kappa shape index (κ3) is 4.05. The van der Waals surface area contributed by atoms with Gasteiger partial charge < -0.3 is 10.2 Å². The van der Waals surface area contributed by atoms with Crippen LogP contribution in [0.4, 0.5) is 0 Å². The number of carbonyl (C=O) groups is 2. The van der Waals surface area contributed by atoms with E-state index in [2.05, 4.69) is 22.4 Å². The van der Waals surface area contributed by atoms with Gasteiger partial charge in [-0.25, -0.2) is 0 Å². The first-order chi connectivity index (χ1) is 11.8. The molecule has 2 heterocycles. The molecule has 0 saturated heterocycles. The number of carbonyl (C=O) groups excluding carboxylic acids is 2. The minimum Gasteiger partial charge on any atom is -0.347 e. The Kier molecular flexibility index (Phi) is 4.57. The van der Waals surface area contributed by atoms with Crippen molar-refractivity contribution in [1.29, 1.82) is 0 Å². The largest absolute Gasteiger partial charge is 0.347 e. The number of aromatic nitrogens is 1. The average molecular weight is 337 g/mol. The highest BCUT2D eigenvalue weighted by Gasteiger charge is 2.23. The molecule has 5 nitrogen and oxygen atoms in total. The summed E-state index contributed by atoms with van der Waals surface area (Å²) < 4.78 is 0. The summed E-state index contributed by atoms with van der Waals surface area (Å²) in [5.41, 5.74) is 2.88. The van der Waals surface area contributed by atoms with E-state index in [1.807, 2.05) is 32.9 Å². The van der Waals surface area contributed by atoms with Crippen molar-refractivity contribution in [2.75, 3.05) is 6.54 Å². The first-order valence-corrected chi connectivity index (χ1v) is 8.48. The topological polar surface area (TPSA) is 62.3 Å². The molecule has 1 aromatic heterocycles. The number of nitrogens with one attached hydrogen (secondary N) is 1. The summed E-state index contributed by atoms with van der Waals surface area (Å²) in [4.78, 5) is 31.1. The Hall–Kier alpha value is -2.69. The van der Waals surface area contributed by atoms with Gasteiger partial charge in [0.2, 0.25) is 0 Å². The maximum atomic E-state index is 12.8. The van der Waals surface area contributed by atoms with Crippen molar-refractivity contribution >= 4 is 11.8 Å². The molecular weight excluding hydrogens is 314 g/mol. The molecule has 5 heteroatoms. The van der Waals surface area contributed by atoms with Crippen LogP contribution in [-0.2, 0) is 13.0 Å². The number of hydrogen-bond acceptors (Lipinski definition) is 3. The van der Waals surface area contributed by atoms with Crippen molar-refractivity contribution in [2.24, 2.45) is 0 Å². The van der Waals surface area contributed by atoms with E-state index in [-0.39, 0.29) is 17.4 Å². The van der Waals surface area contributed by atoms with Crippen LogP contribution in [0.1, 0.15) is 52.7 Å². The summed E-state index contributed by atoms with van der Waals surface area (Å²) in [5.74, 6) is -0.340.